The van der Waals surface area contributed by atoms with E-state index in [1.54, 1.807) is 12.1 Å². The van der Waals surface area contributed by atoms with Crippen molar-refractivity contribution in [3.8, 4) is 0 Å². The summed E-state index contributed by atoms with van der Waals surface area (Å²) in [6.07, 6.45) is 4.02. The van der Waals surface area contributed by atoms with Gasteiger partial charge in [0.05, 0.1) is 12.8 Å². The summed E-state index contributed by atoms with van der Waals surface area (Å²) in [5, 5.41) is 0. The largest absolute Gasteiger partial charge is 0.467 e. The van der Waals surface area contributed by atoms with Crippen LogP contribution in [0.25, 0.3) is 0 Å². The van der Waals surface area contributed by atoms with Gasteiger partial charge in [-0.1, -0.05) is 0 Å². The first-order valence-corrected chi connectivity index (χ1v) is 3.83. The highest BCUT2D eigenvalue weighted by Gasteiger charge is 2.23. The minimum atomic E-state index is -0.290. The lowest BCUT2D eigenvalue weighted by atomic mass is 10.4. The van der Waals surface area contributed by atoms with Gasteiger partial charge in [0, 0.05) is 12.2 Å². The van der Waals surface area contributed by atoms with Gasteiger partial charge in [-0.3, -0.25) is 14.5 Å². The van der Waals surface area contributed by atoms with Gasteiger partial charge in [0.15, 0.2) is 0 Å². The Morgan fingerprint density at radius 1 is 1.23 bits per heavy atom. The number of carbonyl (C=O) groups excluding carboxylic acids is 2. The van der Waals surface area contributed by atoms with Crippen LogP contribution < -0.4 is 0 Å². The van der Waals surface area contributed by atoms with Gasteiger partial charge in [-0.25, -0.2) is 0 Å². The quantitative estimate of drug-likeness (QED) is 0.625. The molecule has 0 spiro atoms. The molecule has 66 valence electrons. The molecule has 0 aromatic carbocycles. The van der Waals surface area contributed by atoms with Gasteiger partial charge >= 0.3 is 0 Å². The van der Waals surface area contributed by atoms with Crippen molar-refractivity contribution in [3.63, 3.8) is 0 Å². The molecular formula is C9H7NO3. The van der Waals surface area contributed by atoms with Crippen LogP contribution in [-0.2, 0) is 16.1 Å². The molecule has 1 aliphatic heterocycles. The number of rotatable bonds is 2. The minimum absolute atomic E-state index is 0.206. The lowest BCUT2D eigenvalue weighted by molar-refractivity contribution is -0.137. The molecule has 1 aliphatic rings. The van der Waals surface area contributed by atoms with Crippen molar-refractivity contribution in [1.82, 2.24) is 4.90 Å². The van der Waals surface area contributed by atoms with Gasteiger partial charge in [-0.2, -0.15) is 0 Å². The van der Waals surface area contributed by atoms with Gasteiger partial charge in [0.1, 0.15) is 5.76 Å². The summed E-state index contributed by atoms with van der Waals surface area (Å²) in [6, 6.07) is 3.44. The molecule has 0 radical (unpaired) electrons. The number of imide groups is 1. The van der Waals surface area contributed by atoms with Crippen LogP contribution in [0.4, 0.5) is 0 Å². The summed E-state index contributed by atoms with van der Waals surface area (Å²) in [5.74, 6) is 0.0215. The molecule has 0 atom stereocenters. The predicted octanol–water partition coefficient (Wildman–Crippen LogP) is 0.705. The van der Waals surface area contributed by atoms with Crippen molar-refractivity contribution >= 4 is 11.8 Å². The Kier molecular flexibility index (Phi) is 1.73. The third-order valence-electron chi connectivity index (χ3n) is 1.79. The SMILES string of the molecule is O=C1C=CC(=O)N1Cc1ccco1. The van der Waals surface area contributed by atoms with Crippen LogP contribution in [0.3, 0.4) is 0 Å². The molecule has 1 aromatic rings. The molecule has 0 N–H and O–H groups in total. The van der Waals surface area contributed by atoms with Crippen molar-refractivity contribution in [2.45, 2.75) is 6.54 Å². The minimum Gasteiger partial charge on any atom is -0.467 e. The Hall–Kier alpha value is -1.84. The summed E-state index contributed by atoms with van der Waals surface area (Å²) in [5.41, 5.74) is 0. The van der Waals surface area contributed by atoms with E-state index in [9.17, 15) is 9.59 Å². The van der Waals surface area contributed by atoms with Crippen molar-refractivity contribution < 1.29 is 14.0 Å². The lowest BCUT2D eigenvalue weighted by Crippen LogP contribution is -2.28. The van der Waals surface area contributed by atoms with Gasteiger partial charge < -0.3 is 4.42 Å². The smallest absolute Gasteiger partial charge is 0.254 e. The van der Waals surface area contributed by atoms with Crippen molar-refractivity contribution in [2.75, 3.05) is 0 Å². The van der Waals surface area contributed by atoms with Gasteiger partial charge in [-0.15, -0.1) is 0 Å². The average molecular weight is 177 g/mol. The Morgan fingerprint density at radius 2 is 1.92 bits per heavy atom. The lowest BCUT2D eigenvalue weighted by Gasteiger charge is -2.10. The molecule has 13 heavy (non-hydrogen) atoms. The maximum atomic E-state index is 11.1. The molecule has 0 unspecified atom stereocenters. The van der Waals surface area contributed by atoms with E-state index >= 15 is 0 Å². The zero-order valence-electron chi connectivity index (χ0n) is 6.77. The van der Waals surface area contributed by atoms with Crippen molar-refractivity contribution in [2.24, 2.45) is 0 Å². The molecule has 0 saturated carbocycles. The second kappa shape index (κ2) is 2.90. The summed E-state index contributed by atoms with van der Waals surface area (Å²) < 4.78 is 5.02. The van der Waals surface area contributed by atoms with Crippen LogP contribution in [0.1, 0.15) is 5.76 Å². The molecule has 1 aromatic heterocycles. The number of furan rings is 1. The zero-order chi connectivity index (χ0) is 9.26. The second-order valence-electron chi connectivity index (χ2n) is 2.68. The predicted molar refractivity (Wildman–Crippen MR) is 43.4 cm³/mol. The third-order valence-corrected chi connectivity index (χ3v) is 1.79. The normalized spacial score (nSPS) is 15.8. The van der Waals surface area contributed by atoms with E-state index in [4.69, 9.17) is 4.42 Å². The van der Waals surface area contributed by atoms with Crippen LogP contribution in [-0.4, -0.2) is 16.7 Å². The van der Waals surface area contributed by atoms with Gasteiger partial charge in [0.2, 0.25) is 0 Å². The Balaban J connectivity index is 2.11. The molecule has 0 bridgehead atoms. The number of carbonyl (C=O) groups is 2. The van der Waals surface area contributed by atoms with E-state index in [0.29, 0.717) is 5.76 Å². The van der Waals surface area contributed by atoms with Crippen LogP contribution in [0.15, 0.2) is 35.0 Å². The fraction of sp³-hybridized carbons (Fsp3) is 0.111. The molecule has 4 nitrogen and oxygen atoms in total. The monoisotopic (exact) mass is 177 g/mol. The molecule has 0 fully saturated rings. The molecule has 2 heterocycles. The number of hydrogen-bond donors (Lipinski definition) is 0. The summed E-state index contributed by atoms with van der Waals surface area (Å²) in [4.78, 5) is 23.3. The van der Waals surface area contributed by atoms with Crippen LogP contribution in [0.2, 0.25) is 0 Å². The summed E-state index contributed by atoms with van der Waals surface area (Å²) >= 11 is 0. The first kappa shape index (κ1) is 7.79. The topological polar surface area (TPSA) is 50.5 Å². The van der Waals surface area contributed by atoms with Crippen LogP contribution in [0, 0.1) is 0 Å². The van der Waals surface area contributed by atoms with Crippen LogP contribution in [0.5, 0.6) is 0 Å². The Morgan fingerprint density at radius 3 is 2.46 bits per heavy atom. The number of nitrogens with zero attached hydrogens (tertiary/aromatic N) is 1. The standard InChI is InChI=1S/C9H7NO3/c11-8-3-4-9(12)10(8)6-7-2-1-5-13-7/h1-5H,6H2. The molecule has 0 aliphatic carbocycles. The highest BCUT2D eigenvalue weighted by Crippen LogP contribution is 2.10. The van der Waals surface area contributed by atoms with Gasteiger partial charge in [-0.05, 0) is 12.1 Å². The maximum absolute atomic E-state index is 11.1. The number of hydrogen-bond acceptors (Lipinski definition) is 3. The first-order chi connectivity index (χ1) is 6.27. The van der Waals surface area contributed by atoms with E-state index in [-0.39, 0.29) is 18.4 Å². The fourth-order valence-corrected chi connectivity index (χ4v) is 1.15. The Labute approximate surface area is 74.4 Å². The summed E-state index contributed by atoms with van der Waals surface area (Å²) in [6.45, 7) is 0.206. The highest BCUT2D eigenvalue weighted by molar-refractivity contribution is 6.12. The van der Waals surface area contributed by atoms with Crippen LogP contribution >= 0.6 is 0 Å². The summed E-state index contributed by atoms with van der Waals surface area (Å²) in [7, 11) is 0. The van der Waals surface area contributed by atoms with E-state index in [1.807, 2.05) is 0 Å². The maximum Gasteiger partial charge on any atom is 0.254 e. The van der Waals surface area contributed by atoms with E-state index in [2.05, 4.69) is 0 Å². The molecular weight excluding hydrogens is 170 g/mol. The van der Waals surface area contributed by atoms with Gasteiger partial charge in [0.25, 0.3) is 11.8 Å². The number of amides is 2. The first-order valence-electron chi connectivity index (χ1n) is 3.83. The molecule has 0 saturated heterocycles. The van der Waals surface area contributed by atoms with Crippen molar-refractivity contribution in [1.29, 1.82) is 0 Å². The van der Waals surface area contributed by atoms with E-state index in [0.717, 1.165) is 4.90 Å². The van der Waals surface area contributed by atoms with E-state index in [1.165, 1.54) is 18.4 Å². The fourth-order valence-electron chi connectivity index (χ4n) is 1.15. The molecule has 2 rings (SSSR count). The van der Waals surface area contributed by atoms with E-state index < -0.39 is 0 Å². The van der Waals surface area contributed by atoms with Crippen molar-refractivity contribution in [3.05, 3.63) is 36.3 Å². The average Bonchev–Trinajstić information content (AvgIpc) is 2.70. The highest BCUT2D eigenvalue weighted by atomic mass is 16.3. The zero-order valence-corrected chi connectivity index (χ0v) is 6.77. The molecule has 2 amide bonds. The molecule has 4 heteroatoms. The Bertz CT molecular complexity index is 346. The third kappa shape index (κ3) is 1.38. The second-order valence-corrected chi connectivity index (χ2v) is 2.68.